The predicted molar refractivity (Wildman–Crippen MR) is 132 cm³/mol. The number of hydrogen-bond donors (Lipinski definition) is 3. The molecule has 0 saturated carbocycles. The number of para-hydroxylation sites is 1. The Morgan fingerprint density at radius 1 is 0.947 bits per heavy atom. The molecule has 2 aromatic heterocycles. The lowest BCUT2D eigenvalue weighted by Crippen LogP contribution is -2.30. The van der Waals surface area contributed by atoms with E-state index < -0.39 is 18.1 Å². The van der Waals surface area contributed by atoms with Crippen LogP contribution in [0, 0.1) is 0 Å². The number of benzene rings is 2. The predicted octanol–water partition coefficient (Wildman–Crippen LogP) is 4.40. The monoisotopic (exact) mass is 526 g/mol. The Labute approximate surface area is 215 Å². The van der Waals surface area contributed by atoms with E-state index in [1.54, 1.807) is 17.6 Å². The largest absolute Gasteiger partial charge is 0.490 e. The number of carboxylic acids is 1. The van der Waals surface area contributed by atoms with Gasteiger partial charge in [0.25, 0.3) is 5.91 Å². The molecule has 5 rings (SSSR count). The smallest absolute Gasteiger partial charge is 0.475 e. The second kappa shape index (κ2) is 11.4. The summed E-state index contributed by atoms with van der Waals surface area (Å²) in [4.78, 5) is 27.1. The third-order valence-corrected chi connectivity index (χ3v) is 6.30. The van der Waals surface area contributed by atoms with Crippen LogP contribution in [0.25, 0.3) is 10.9 Å². The van der Waals surface area contributed by atoms with Gasteiger partial charge in [0.1, 0.15) is 0 Å². The molecule has 3 N–H and O–H groups in total. The Kier molecular flexibility index (Phi) is 8.08. The van der Waals surface area contributed by atoms with Crippen LogP contribution in [0.15, 0.2) is 73.1 Å². The van der Waals surface area contributed by atoms with Crippen LogP contribution in [0.2, 0.25) is 0 Å². The van der Waals surface area contributed by atoms with Crippen molar-refractivity contribution in [2.45, 2.75) is 32.2 Å². The van der Waals surface area contributed by atoms with Gasteiger partial charge in [-0.05, 0) is 47.0 Å². The minimum Gasteiger partial charge on any atom is -0.475 e. The Balaban J connectivity index is 0.000000426. The number of alkyl halides is 3. The first-order chi connectivity index (χ1) is 18.2. The molecule has 0 unspecified atom stereocenters. The second-order valence-electron chi connectivity index (χ2n) is 8.79. The third-order valence-electron chi connectivity index (χ3n) is 6.30. The molecule has 0 bridgehead atoms. The van der Waals surface area contributed by atoms with E-state index in [1.807, 2.05) is 24.5 Å². The highest BCUT2D eigenvalue weighted by Crippen LogP contribution is 2.32. The molecule has 0 saturated heterocycles. The Hall–Kier alpha value is -4.22. The topological polar surface area (TPSA) is 108 Å². The van der Waals surface area contributed by atoms with Crippen LogP contribution < -0.4 is 5.48 Å². The number of nitrogens with zero attached hydrogens (tertiary/aromatic N) is 3. The first kappa shape index (κ1) is 26.8. The van der Waals surface area contributed by atoms with Crippen molar-refractivity contribution in [1.82, 2.24) is 19.9 Å². The second-order valence-corrected chi connectivity index (χ2v) is 8.79. The van der Waals surface area contributed by atoms with E-state index in [0.717, 1.165) is 38.2 Å². The average Bonchev–Trinajstić information content (AvgIpc) is 3.22. The molecular formula is C27H25F3N4O4. The van der Waals surface area contributed by atoms with Crippen molar-refractivity contribution in [1.29, 1.82) is 0 Å². The molecule has 0 atom stereocenters. The molecule has 38 heavy (non-hydrogen) atoms. The Morgan fingerprint density at radius 2 is 1.58 bits per heavy atom. The molecule has 1 aliphatic rings. The fourth-order valence-electron chi connectivity index (χ4n) is 4.53. The summed E-state index contributed by atoms with van der Waals surface area (Å²) in [5.41, 5.74) is 8.58. The van der Waals surface area contributed by atoms with E-state index in [1.165, 1.54) is 27.7 Å². The molecular weight excluding hydrogens is 501 g/mol. The van der Waals surface area contributed by atoms with Gasteiger partial charge >= 0.3 is 12.1 Å². The number of nitrogens with one attached hydrogen (secondary N) is 1. The minimum absolute atomic E-state index is 0.442. The van der Waals surface area contributed by atoms with Gasteiger partial charge in [0.05, 0.1) is 0 Å². The molecule has 8 nitrogen and oxygen atoms in total. The summed E-state index contributed by atoms with van der Waals surface area (Å²) in [5, 5.41) is 17.3. The maximum Gasteiger partial charge on any atom is 0.490 e. The van der Waals surface area contributed by atoms with Crippen LogP contribution in [0.4, 0.5) is 13.2 Å². The quantitative estimate of drug-likeness (QED) is 0.263. The highest BCUT2D eigenvalue weighted by atomic mass is 19.4. The van der Waals surface area contributed by atoms with Crippen LogP contribution in [0.5, 0.6) is 0 Å². The normalized spacial score (nSPS) is 13.4. The molecule has 4 aromatic rings. The molecule has 0 spiro atoms. The van der Waals surface area contributed by atoms with Gasteiger partial charge in [-0.3, -0.25) is 19.9 Å². The first-order valence-corrected chi connectivity index (χ1v) is 11.7. The van der Waals surface area contributed by atoms with Gasteiger partial charge < -0.3 is 9.67 Å². The van der Waals surface area contributed by atoms with Crippen molar-refractivity contribution >= 4 is 22.8 Å². The summed E-state index contributed by atoms with van der Waals surface area (Å²) >= 11 is 0. The molecule has 1 aliphatic heterocycles. The number of halogens is 3. The van der Waals surface area contributed by atoms with Gasteiger partial charge in [0.2, 0.25) is 0 Å². The van der Waals surface area contributed by atoms with E-state index >= 15 is 0 Å². The first-order valence-electron chi connectivity index (χ1n) is 11.7. The Morgan fingerprint density at radius 3 is 2.21 bits per heavy atom. The van der Waals surface area contributed by atoms with Crippen LogP contribution in [0.3, 0.4) is 0 Å². The van der Waals surface area contributed by atoms with Gasteiger partial charge in [-0.2, -0.15) is 13.2 Å². The van der Waals surface area contributed by atoms with Gasteiger partial charge in [-0.1, -0.05) is 30.3 Å². The molecule has 0 fully saturated rings. The van der Waals surface area contributed by atoms with Crippen LogP contribution >= 0.6 is 0 Å². The maximum atomic E-state index is 11.6. The minimum atomic E-state index is -5.08. The third kappa shape index (κ3) is 6.18. The number of rotatable bonds is 5. The molecule has 2 aromatic carbocycles. The van der Waals surface area contributed by atoms with E-state index in [2.05, 4.69) is 50.8 Å². The number of carboxylic acid groups (broad SMARTS) is 1. The zero-order valence-electron chi connectivity index (χ0n) is 20.2. The summed E-state index contributed by atoms with van der Waals surface area (Å²) < 4.78 is 34.1. The number of amides is 1. The SMILES string of the molecule is O=C(NO)c1ccc(Cn2c3c(c4ccccc42)CN(Cc2ccncc2)CC3)cc1.O=C(O)C(F)(F)F. The summed E-state index contributed by atoms with van der Waals surface area (Å²) in [6, 6.07) is 20.2. The zero-order valence-corrected chi connectivity index (χ0v) is 20.2. The average molecular weight is 527 g/mol. The standard InChI is InChI=1S/C25H24N4O2.C2HF3O2/c30-25(27-31)20-7-5-18(6-8-20)16-29-23-4-2-1-3-21(23)22-17-28(14-11-24(22)29)15-19-9-12-26-13-10-19;3-2(4,5)1(6)7/h1-10,12-13,31H,11,14-17H2,(H,27,30);(H,6,7). The molecule has 0 radical (unpaired) electrons. The van der Waals surface area contributed by atoms with Gasteiger partial charge in [0.15, 0.2) is 0 Å². The molecule has 11 heteroatoms. The van der Waals surface area contributed by atoms with E-state index in [4.69, 9.17) is 15.1 Å². The van der Waals surface area contributed by atoms with Crippen molar-refractivity contribution in [2.75, 3.05) is 6.54 Å². The fourth-order valence-corrected chi connectivity index (χ4v) is 4.53. The van der Waals surface area contributed by atoms with Crippen LogP contribution in [0.1, 0.15) is 32.7 Å². The maximum absolute atomic E-state index is 11.6. The summed E-state index contributed by atoms with van der Waals surface area (Å²) in [7, 11) is 0. The number of fused-ring (bicyclic) bond motifs is 3. The van der Waals surface area contributed by atoms with E-state index in [0.29, 0.717) is 5.56 Å². The summed E-state index contributed by atoms with van der Waals surface area (Å²) in [6.45, 7) is 3.62. The number of aliphatic carboxylic acids is 1. The zero-order chi connectivity index (χ0) is 27.3. The number of aromatic nitrogens is 2. The molecule has 198 valence electrons. The van der Waals surface area contributed by atoms with E-state index in [9.17, 15) is 18.0 Å². The fraction of sp³-hybridized carbons (Fsp3) is 0.222. The van der Waals surface area contributed by atoms with Crippen molar-refractivity contribution in [2.24, 2.45) is 0 Å². The lowest BCUT2D eigenvalue weighted by Gasteiger charge is -2.28. The molecule has 3 heterocycles. The highest BCUT2D eigenvalue weighted by molar-refractivity contribution is 5.93. The number of hydroxylamine groups is 1. The Bertz CT molecular complexity index is 1420. The molecule has 0 aliphatic carbocycles. The number of hydrogen-bond acceptors (Lipinski definition) is 5. The van der Waals surface area contributed by atoms with Crippen molar-refractivity contribution < 1.29 is 33.1 Å². The number of pyridine rings is 1. The number of carbonyl (C=O) groups excluding carboxylic acids is 1. The van der Waals surface area contributed by atoms with Crippen molar-refractivity contribution in [3.8, 4) is 0 Å². The summed E-state index contributed by atoms with van der Waals surface area (Å²) in [5.74, 6) is -3.25. The van der Waals surface area contributed by atoms with Gasteiger partial charge in [0, 0.05) is 67.2 Å². The highest BCUT2D eigenvalue weighted by Gasteiger charge is 2.38. The van der Waals surface area contributed by atoms with Crippen molar-refractivity contribution in [3.63, 3.8) is 0 Å². The lowest BCUT2D eigenvalue weighted by molar-refractivity contribution is -0.192. The number of carbonyl (C=O) groups is 2. The van der Waals surface area contributed by atoms with Gasteiger partial charge in [-0.15, -0.1) is 0 Å². The van der Waals surface area contributed by atoms with E-state index in [-0.39, 0.29) is 0 Å². The van der Waals surface area contributed by atoms with Crippen molar-refractivity contribution in [3.05, 3.63) is 101 Å². The lowest BCUT2D eigenvalue weighted by atomic mass is 10.0. The van der Waals surface area contributed by atoms with Crippen LogP contribution in [-0.4, -0.2) is 49.4 Å². The van der Waals surface area contributed by atoms with Gasteiger partial charge in [-0.25, -0.2) is 10.3 Å². The molecule has 1 amide bonds. The van der Waals surface area contributed by atoms with Crippen LogP contribution in [-0.2, 0) is 30.8 Å². The summed E-state index contributed by atoms with van der Waals surface area (Å²) in [6.07, 6.45) is -0.377.